The van der Waals surface area contributed by atoms with Gasteiger partial charge in [0.1, 0.15) is 11.0 Å². The molecule has 1 atom stereocenters. The van der Waals surface area contributed by atoms with E-state index in [9.17, 15) is 9.90 Å². The molecule has 0 fully saturated rings. The number of phenolic OH excluding ortho intramolecular Hbond substituents is 1. The number of thioether (sulfide) groups is 1. The number of benzene rings is 2. The summed E-state index contributed by atoms with van der Waals surface area (Å²) in [5.41, 5.74) is 0.791. The van der Waals surface area contributed by atoms with E-state index in [4.69, 9.17) is 16.3 Å². The number of ether oxygens (including phenoxy) is 1. The van der Waals surface area contributed by atoms with Crippen LogP contribution in [0.4, 0.5) is 0 Å². The average molecular weight is 323 g/mol. The first kappa shape index (κ1) is 15.7. The van der Waals surface area contributed by atoms with Gasteiger partial charge in [-0.2, -0.15) is 0 Å². The second-order valence-electron chi connectivity index (χ2n) is 4.30. The number of aromatic hydroxyl groups is 1. The van der Waals surface area contributed by atoms with Crippen LogP contribution in [0.15, 0.2) is 53.4 Å². The molecule has 0 aliphatic rings. The molecule has 2 rings (SSSR count). The molecule has 2 aromatic rings. The van der Waals surface area contributed by atoms with E-state index >= 15 is 0 Å². The maximum atomic E-state index is 12.2. The average Bonchev–Trinajstić information content (AvgIpc) is 2.47. The molecule has 1 unspecified atom stereocenters. The van der Waals surface area contributed by atoms with Crippen LogP contribution in [0.1, 0.15) is 17.7 Å². The zero-order chi connectivity index (χ0) is 15.2. The van der Waals surface area contributed by atoms with E-state index in [0.29, 0.717) is 11.6 Å². The van der Waals surface area contributed by atoms with E-state index < -0.39 is 5.25 Å². The van der Waals surface area contributed by atoms with Crippen molar-refractivity contribution in [2.75, 3.05) is 6.61 Å². The van der Waals surface area contributed by atoms with Gasteiger partial charge in [0.25, 0.3) is 0 Å². The van der Waals surface area contributed by atoms with Crippen LogP contribution in [0.25, 0.3) is 0 Å². The van der Waals surface area contributed by atoms with Gasteiger partial charge in [-0.3, -0.25) is 4.79 Å². The second kappa shape index (κ2) is 7.38. The van der Waals surface area contributed by atoms with Gasteiger partial charge in [-0.15, -0.1) is 11.8 Å². The Morgan fingerprint density at radius 3 is 2.62 bits per heavy atom. The van der Waals surface area contributed by atoms with Gasteiger partial charge >= 0.3 is 5.97 Å². The lowest BCUT2D eigenvalue weighted by molar-refractivity contribution is -0.142. The minimum atomic E-state index is -0.492. The molecule has 0 amide bonds. The first-order valence-electron chi connectivity index (χ1n) is 6.48. The maximum Gasteiger partial charge on any atom is 0.323 e. The van der Waals surface area contributed by atoms with Gasteiger partial charge in [-0.25, -0.2) is 0 Å². The van der Waals surface area contributed by atoms with Crippen molar-refractivity contribution in [1.82, 2.24) is 0 Å². The molecule has 3 nitrogen and oxygen atoms in total. The molecule has 21 heavy (non-hydrogen) atoms. The van der Waals surface area contributed by atoms with Gasteiger partial charge in [0.05, 0.1) is 6.61 Å². The Labute approximate surface area is 132 Å². The quantitative estimate of drug-likeness (QED) is 0.653. The lowest BCUT2D eigenvalue weighted by atomic mass is 10.1. The Kier molecular flexibility index (Phi) is 5.53. The van der Waals surface area contributed by atoms with Gasteiger partial charge in [-0.1, -0.05) is 23.7 Å². The summed E-state index contributed by atoms with van der Waals surface area (Å²) in [6.07, 6.45) is 0. The van der Waals surface area contributed by atoms with Gasteiger partial charge in [-0.05, 0) is 48.9 Å². The molecule has 0 spiro atoms. The van der Waals surface area contributed by atoms with Crippen LogP contribution >= 0.6 is 23.4 Å². The number of esters is 1. The van der Waals surface area contributed by atoms with Crippen molar-refractivity contribution in [2.24, 2.45) is 0 Å². The van der Waals surface area contributed by atoms with E-state index in [-0.39, 0.29) is 11.7 Å². The molecule has 0 saturated heterocycles. The lowest BCUT2D eigenvalue weighted by Gasteiger charge is -2.16. The highest BCUT2D eigenvalue weighted by atomic mass is 35.5. The molecule has 0 radical (unpaired) electrons. The molecule has 0 heterocycles. The molecular formula is C16H15ClO3S. The number of carbonyl (C=O) groups excluding carboxylic acids is 1. The first-order valence-corrected chi connectivity index (χ1v) is 7.73. The molecule has 0 aromatic heterocycles. The molecule has 5 heteroatoms. The second-order valence-corrected chi connectivity index (χ2v) is 5.91. The zero-order valence-corrected chi connectivity index (χ0v) is 13.0. The first-order chi connectivity index (χ1) is 10.1. The summed E-state index contributed by atoms with van der Waals surface area (Å²) in [7, 11) is 0. The maximum absolute atomic E-state index is 12.2. The smallest absolute Gasteiger partial charge is 0.323 e. The number of hydrogen-bond donors (Lipinski definition) is 1. The SMILES string of the molecule is CCOC(=O)C(Sc1ccc(O)cc1)c1cccc(Cl)c1. The van der Waals surface area contributed by atoms with Crippen LogP contribution in [0.5, 0.6) is 5.75 Å². The van der Waals surface area contributed by atoms with Crippen LogP contribution in [0, 0.1) is 0 Å². The van der Waals surface area contributed by atoms with Crippen molar-refractivity contribution in [3.63, 3.8) is 0 Å². The Balaban J connectivity index is 2.27. The van der Waals surface area contributed by atoms with Gasteiger partial charge < -0.3 is 9.84 Å². The molecule has 0 aliphatic carbocycles. The Bertz CT molecular complexity index is 613. The molecule has 1 N–H and O–H groups in total. The molecule has 0 aliphatic heterocycles. The van der Waals surface area contributed by atoms with Crippen LogP contribution < -0.4 is 0 Å². The lowest BCUT2D eigenvalue weighted by Crippen LogP contribution is -2.13. The monoisotopic (exact) mass is 322 g/mol. The molecule has 0 bridgehead atoms. The highest BCUT2D eigenvalue weighted by molar-refractivity contribution is 8.00. The third-order valence-electron chi connectivity index (χ3n) is 2.74. The fraction of sp³-hybridized carbons (Fsp3) is 0.188. The largest absolute Gasteiger partial charge is 0.508 e. The van der Waals surface area contributed by atoms with Crippen molar-refractivity contribution in [1.29, 1.82) is 0 Å². The van der Waals surface area contributed by atoms with Gasteiger partial charge in [0.15, 0.2) is 0 Å². The van der Waals surface area contributed by atoms with Crippen molar-refractivity contribution in [3.8, 4) is 5.75 Å². The fourth-order valence-electron chi connectivity index (χ4n) is 1.80. The Morgan fingerprint density at radius 1 is 1.29 bits per heavy atom. The molecule has 0 saturated carbocycles. The summed E-state index contributed by atoms with van der Waals surface area (Å²) in [6, 6.07) is 13.9. The number of hydrogen-bond acceptors (Lipinski definition) is 4. The van der Waals surface area contributed by atoms with E-state index in [1.54, 1.807) is 49.4 Å². The van der Waals surface area contributed by atoms with E-state index in [1.807, 2.05) is 6.07 Å². The normalized spacial score (nSPS) is 11.9. The van der Waals surface area contributed by atoms with Crippen molar-refractivity contribution < 1.29 is 14.6 Å². The Hall–Kier alpha value is -1.65. The summed E-state index contributed by atoms with van der Waals surface area (Å²) in [5, 5.41) is 9.40. The van der Waals surface area contributed by atoms with Crippen molar-refractivity contribution >= 4 is 29.3 Å². The number of carbonyl (C=O) groups is 1. The highest BCUT2D eigenvalue weighted by Gasteiger charge is 2.23. The Morgan fingerprint density at radius 2 is 2.00 bits per heavy atom. The number of rotatable bonds is 5. The standard InChI is InChI=1S/C16H15ClO3S/c1-2-20-16(19)15(11-4-3-5-12(17)10-11)21-14-8-6-13(18)7-9-14/h3-10,15,18H,2H2,1H3. The minimum absolute atomic E-state index is 0.190. The third-order valence-corrected chi connectivity index (χ3v) is 4.22. The van der Waals surface area contributed by atoms with Crippen LogP contribution in [-0.4, -0.2) is 17.7 Å². The number of phenols is 1. The zero-order valence-electron chi connectivity index (χ0n) is 11.5. The molecular weight excluding hydrogens is 308 g/mol. The predicted octanol–water partition coefficient (Wildman–Crippen LogP) is 4.44. The third kappa shape index (κ3) is 4.41. The summed E-state index contributed by atoms with van der Waals surface area (Å²) in [4.78, 5) is 13.1. The van der Waals surface area contributed by atoms with Crippen molar-refractivity contribution in [3.05, 3.63) is 59.1 Å². The van der Waals surface area contributed by atoms with E-state index in [0.717, 1.165) is 10.5 Å². The summed E-state index contributed by atoms with van der Waals surface area (Å²) < 4.78 is 5.14. The minimum Gasteiger partial charge on any atom is -0.508 e. The molecule has 110 valence electrons. The van der Waals surface area contributed by atoms with E-state index in [2.05, 4.69) is 0 Å². The van der Waals surface area contributed by atoms with Gasteiger partial charge in [0.2, 0.25) is 0 Å². The van der Waals surface area contributed by atoms with Crippen LogP contribution in [0.2, 0.25) is 5.02 Å². The predicted molar refractivity (Wildman–Crippen MR) is 84.8 cm³/mol. The van der Waals surface area contributed by atoms with Gasteiger partial charge in [0, 0.05) is 9.92 Å². The van der Waals surface area contributed by atoms with Crippen molar-refractivity contribution in [2.45, 2.75) is 17.1 Å². The summed E-state index contributed by atoms with van der Waals surface area (Å²) in [5.74, 6) is -0.118. The number of halogens is 1. The summed E-state index contributed by atoms with van der Waals surface area (Å²) >= 11 is 7.36. The van der Waals surface area contributed by atoms with Crippen LogP contribution in [-0.2, 0) is 9.53 Å². The highest BCUT2D eigenvalue weighted by Crippen LogP contribution is 2.37. The van der Waals surface area contributed by atoms with Crippen LogP contribution in [0.3, 0.4) is 0 Å². The van der Waals surface area contributed by atoms with E-state index in [1.165, 1.54) is 11.8 Å². The summed E-state index contributed by atoms with van der Waals surface area (Å²) in [6.45, 7) is 2.10. The molecule has 2 aromatic carbocycles. The topological polar surface area (TPSA) is 46.5 Å². The fourth-order valence-corrected chi connectivity index (χ4v) is 3.01.